The Morgan fingerprint density at radius 2 is 1.97 bits per heavy atom. The van der Waals surface area contributed by atoms with Gasteiger partial charge in [-0.1, -0.05) is 40.9 Å². The Kier molecular flexibility index (Phi) is 5.29. The summed E-state index contributed by atoms with van der Waals surface area (Å²) < 4.78 is 20.0. The van der Waals surface area contributed by atoms with E-state index in [-0.39, 0.29) is 16.6 Å². The summed E-state index contributed by atoms with van der Waals surface area (Å²) in [5.74, 6) is 0.0544. The molecule has 35 heavy (non-hydrogen) atoms. The molecule has 13 heteroatoms. The first kappa shape index (κ1) is 21.5. The molecule has 1 aliphatic rings. The van der Waals surface area contributed by atoms with Crippen LogP contribution in [0.5, 0.6) is 0 Å². The first-order valence-corrected chi connectivity index (χ1v) is 11.4. The van der Waals surface area contributed by atoms with Gasteiger partial charge in [0.1, 0.15) is 17.7 Å². The predicted molar refractivity (Wildman–Crippen MR) is 123 cm³/mol. The monoisotopic (exact) mass is 491 g/mol. The van der Waals surface area contributed by atoms with E-state index < -0.39 is 5.82 Å². The third-order valence-electron chi connectivity index (χ3n) is 6.15. The average molecular weight is 492 g/mol. The van der Waals surface area contributed by atoms with Gasteiger partial charge in [0.05, 0.1) is 34.8 Å². The van der Waals surface area contributed by atoms with E-state index in [0.29, 0.717) is 22.9 Å². The van der Waals surface area contributed by atoms with Crippen LogP contribution in [0.15, 0.2) is 49.2 Å². The molecule has 0 aliphatic heterocycles. The second-order valence-corrected chi connectivity index (χ2v) is 8.91. The highest BCUT2D eigenvalue weighted by atomic mass is 35.5. The van der Waals surface area contributed by atoms with Gasteiger partial charge in [-0.15, -0.1) is 15.3 Å². The summed E-state index contributed by atoms with van der Waals surface area (Å²) in [5.41, 5.74) is 3.57. The van der Waals surface area contributed by atoms with Crippen molar-refractivity contribution in [2.75, 3.05) is 0 Å². The van der Waals surface area contributed by atoms with Gasteiger partial charge in [-0.25, -0.2) is 13.8 Å². The Morgan fingerprint density at radius 1 is 1.09 bits per heavy atom. The average Bonchev–Trinajstić information content (AvgIpc) is 3.25. The molecule has 5 aromatic rings. The normalized spacial score (nSPS) is 14.4. The molecule has 1 aliphatic carbocycles. The summed E-state index contributed by atoms with van der Waals surface area (Å²) in [6.07, 6.45) is 9.84. The summed E-state index contributed by atoms with van der Waals surface area (Å²) in [7, 11) is 1.81. The second kappa shape index (κ2) is 8.62. The van der Waals surface area contributed by atoms with E-state index in [2.05, 4.69) is 36.1 Å². The minimum Gasteiger partial charge on any atom is -0.258 e. The smallest absolute Gasteiger partial charge is 0.151 e. The summed E-state index contributed by atoms with van der Waals surface area (Å²) in [4.78, 5) is 4.71. The van der Waals surface area contributed by atoms with E-state index in [1.54, 1.807) is 23.1 Å². The van der Waals surface area contributed by atoms with E-state index >= 15 is 4.39 Å². The molecule has 0 bridgehead atoms. The van der Waals surface area contributed by atoms with Crippen molar-refractivity contribution >= 4 is 11.6 Å². The zero-order valence-electron chi connectivity index (χ0n) is 18.6. The van der Waals surface area contributed by atoms with Gasteiger partial charge < -0.3 is 0 Å². The number of aryl methyl sites for hydroxylation is 1. The van der Waals surface area contributed by atoms with Crippen LogP contribution in [0.3, 0.4) is 0 Å². The van der Waals surface area contributed by atoms with Gasteiger partial charge in [-0.05, 0) is 41.0 Å². The summed E-state index contributed by atoms with van der Waals surface area (Å²) in [6.45, 7) is 0. The Hall–Kier alpha value is -4.06. The maximum Gasteiger partial charge on any atom is 0.151 e. The minimum atomic E-state index is -0.561. The fraction of sp³-hybridized carbons (Fsp3) is 0.273. The van der Waals surface area contributed by atoms with Crippen molar-refractivity contribution in [3.63, 3.8) is 0 Å². The fourth-order valence-corrected chi connectivity index (χ4v) is 4.29. The highest BCUT2D eigenvalue weighted by Gasteiger charge is 2.29. The molecule has 1 fully saturated rings. The molecule has 0 N–H and O–H groups in total. The Balaban J connectivity index is 1.37. The molecule has 0 spiro atoms. The number of benzene rings is 1. The molecular weight excluding hydrogens is 473 g/mol. The fourth-order valence-electron chi connectivity index (χ4n) is 4.13. The van der Waals surface area contributed by atoms with Crippen LogP contribution in [-0.2, 0) is 7.05 Å². The Morgan fingerprint density at radius 3 is 2.66 bits per heavy atom. The van der Waals surface area contributed by atoms with Crippen LogP contribution in [-0.4, -0.2) is 55.2 Å². The molecule has 0 radical (unpaired) electrons. The number of tetrazole rings is 1. The van der Waals surface area contributed by atoms with Crippen LogP contribution >= 0.6 is 11.6 Å². The molecule has 176 valence electrons. The number of nitrogens with zero attached hydrogens (tertiary/aromatic N) is 11. The van der Waals surface area contributed by atoms with Gasteiger partial charge in [-0.2, -0.15) is 4.68 Å². The van der Waals surface area contributed by atoms with E-state index in [1.807, 2.05) is 30.1 Å². The van der Waals surface area contributed by atoms with Crippen molar-refractivity contribution in [3.05, 3.63) is 65.7 Å². The third kappa shape index (κ3) is 4.05. The van der Waals surface area contributed by atoms with Crippen molar-refractivity contribution in [2.45, 2.75) is 25.3 Å². The molecule has 6 rings (SSSR count). The largest absolute Gasteiger partial charge is 0.258 e. The molecule has 4 heterocycles. The maximum atomic E-state index is 15.1. The van der Waals surface area contributed by atoms with Crippen LogP contribution in [0.1, 0.15) is 31.0 Å². The summed E-state index contributed by atoms with van der Waals surface area (Å²) >= 11 is 6.09. The maximum absolute atomic E-state index is 15.1. The number of pyridine rings is 1. The SMILES string of the molecule is Cn1nncc1-c1cn(C(CC2CC2)c2ccc(-c3c(-n4cnnn4)ccc(Cl)c3F)cn2)nn1. The van der Waals surface area contributed by atoms with Gasteiger partial charge in [-0.3, -0.25) is 4.98 Å². The number of aromatic nitrogens is 11. The second-order valence-electron chi connectivity index (χ2n) is 8.50. The number of rotatable bonds is 7. The van der Waals surface area contributed by atoms with Crippen molar-refractivity contribution in [2.24, 2.45) is 13.0 Å². The minimum absolute atomic E-state index is 0.00677. The number of hydrogen-bond donors (Lipinski definition) is 0. The zero-order chi connectivity index (χ0) is 23.9. The quantitative estimate of drug-likeness (QED) is 0.340. The zero-order valence-corrected chi connectivity index (χ0v) is 19.3. The number of halogens is 2. The Bertz CT molecular complexity index is 1470. The van der Waals surface area contributed by atoms with Crippen molar-refractivity contribution in [1.82, 2.24) is 55.2 Å². The first-order valence-electron chi connectivity index (χ1n) is 11.0. The summed E-state index contributed by atoms with van der Waals surface area (Å²) in [6, 6.07) is 6.75. The van der Waals surface area contributed by atoms with E-state index in [4.69, 9.17) is 16.6 Å². The van der Waals surface area contributed by atoms with Crippen LogP contribution in [0.25, 0.3) is 28.2 Å². The van der Waals surface area contributed by atoms with Gasteiger partial charge in [0.15, 0.2) is 5.82 Å². The molecule has 1 saturated carbocycles. The lowest BCUT2D eigenvalue weighted by atomic mass is 10.0. The van der Waals surface area contributed by atoms with E-state index in [9.17, 15) is 0 Å². The Labute approximate surface area is 203 Å². The van der Waals surface area contributed by atoms with Gasteiger partial charge in [0.2, 0.25) is 0 Å². The molecule has 1 atom stereocenters. The lowest BCUT2D eigenvalue weighted by Crippen LogP contribution is -2.14. The van der Waals surface area contributed by atoms with E-state index in [1.165, 1.54) is 29.9 Å². The van der Waals surface area contributed by atoms with Crippen LogP contribution in [0, 0.1) is 11.7 Å². The first-order chi connectivity index (χ1) is 17.1. The van der Waals surface area contributed by atoms with Crippen molar-refractivity contribution in [3.8, 4) is 28.2 Å². The van der Waals surface area contributed by atoms with Gasteiger partial charge >= 0.3 is 0 Å². The van der Waals surface area contributed by atoms with Gasteiger partial charge in [0.25, 0.3) is 0 Å². The lowest BCUT2D eigenvalue weighted by Gasteiger charge is -2.17. The molecule has 4 aromatic heterocycles. The van der Waals surface area contributed by atoms with Crippen molar-refractivity contribution in [1.29, 1.82) is 0 Å². The molecular formula is C22H19ClFN11. The molecule has 0 amide bonds. The molecule has 1 aromatic carbocycles. The molecule has 11 nitrogen and oxygen atoms in total. The molecule has 0 saturated heterocycles. The number of hydrogen-bond acceptors (Lipinski definition) is 8. The van der Waals surface area contributed by atoms with E-state index in [0.717, 1.165) is 17.8 Å². The lowest BCUT2D eigenvalue weighted by molar-refractivity contribution is 0.444. The predicted octanol–water partition coefficient (Wildman–Crippen LogP) is 3.29. The van der Waals surface area contributed by atoms with Crippen LogP contribution in [0.4, 0.5) is 4.39 Å². The highest BCUT2D eigenvalue weighted by Crippen LogP contribution is 2.39. The van der Waals surface area contributed by atoms with Crippen LogP contribution < -0.4 is 0 Å². The third-order valence-corrected chi connectivity index (χ3v) is 6.44. The standard InChI is InChI=1S/C22H19ClFN11/c1-33-20(10-26-30-33)17-11-34(31-28-17)19(8-13-2-3-13)16-6-4-14(9-25-16)21-18(35-12-27-29-32-35)7-5-15(23)22(21)24/h4-7,9-13,19H,2-3,8H2,1H3. The topological polar surface area (TPSA) is 118 Å². The van der Waals surface area contributed by atoms with Crippen molar-refractivity contribution < 1.29 is 4.39 Å². The van der Waals surface area contributed by atoms with Crippen LogP contribution in [0.2, 0.25) is 5.02 Å². The molecule has 1 unspecified atom stereocenters. The summed E-state index contributed by atoms with van der Waals surface area (Å²) in [5, 5.41) is 27.8. The highest BCUT2D eigenvalue weighted by molar-refractivity contribution is 6.31. The van der Waals surface area contributed by atoms with Gasteiger partial charge in [0, 0.05) is 24.4 Å².